The normalized spacial score (nSPS) is 20.1. The quantitative estimate of drug-likeness (QED) is 0.705. The summed E-state index contributed by atoms with van der Waals surface area (Å²) in [6.45, 7) is 5.27. The number of imide groups is 1. The van der Waals surface area contributed by atoms with Crippen molar-refractivity contribution in [3.05, 3.63) is 0 Å². The number of hydrogen-bond acceptors (Lipinski definition) is 5. The molecule has 6 nitrogen and oxygen atoms in total. The van der Waals surface area contributed by atoms with Crippen LogP contribution < -0.4 is 0 Å². The van der Waals surface area contributed by atoms with E-state index in [2.05, 4.69) is 0 Å². The van der Waals surface area contributed by atoms with E-state index in [4.69, 9.17) is 9.47 Å². The van der Waals surface area contributed by atoms with Gasteiger partial charge in [0.15, 0.2) is 5.78 Å². The van der Waals surface area contributed by atoms with E-state index in [1.807, 2.05) is 0 Å². The number of ketones is 1. The van der Waals surface area contributed by atoms with Crippen molar-refractivity contribution in [3.63, 3.8) is 0 Å². The molecule has 1 aliphatic heterocycles. The Morgan fingerprint density at radius 2 is 2.00 bits per heavy atom. The molecule has 1 aliphatic rings. The van der Waals surface area contributed by atoms with Crippen molar-refractivity contribution in [1.82, 2.24) is 4.90 Å². The Hall–Kier alpha value is -1.43. The zero-order chi connectivity index (χ0) is 13.9. The van der Waals surface area contributed by atoms with E-state index >= 15 is 0 Å². The molecule has 0 bridgehead atoms. The lowest BCUT2D eigenvalue weighted by Crippen LogP contribution is -2.39. The number of carbonyl (C=O) groups is 3. The number of likely N-dealkylation sites (tertiary alicyclic amines) is 1. The number of Topliss-reactive ketones (excluding diaryl/α,β-unsaturated/α-hetero) is 1. The molecule has 1 atom stereocenters. The van der Waals surface area contributed by atoms with Crippen molar-refractivity contribution >= 4 is 17.8 Å². The fourth-order valence-corrected chi connectivity index (χ4v) is 1.72. The van der Waals surface area contributed by atoms with Gasteiger partial charge >= 0.3 is 6.09 Å². The van der Waals surface area contributed by atoms with Gasteiger partial charge in [-0.3, -0.25) is 9.59 Å². The molecule has 1 saturated heterocycles. The monoisotopic (exact) mass is 257 g/mol. The van der Waals surface area contributed by atoms with Crippen LogP contribution in [0.25, 0.3) is 0 Å². The fraction of sp³-hybridized carbons (Fsp3) is 0.750. The Bertz CT molecular complexity index is 358. The molecule has 0 saturated carbocycles. The Kier molecular flexibility index (Phi) is 4.45. The van der Waals surface area contributed by atoms with E-state index in [-0.39, 0.29) is 18.9 Å². The van der Waals surface area contributed by atoms with Gasteiger partial charge in [-0.25, -0.2) is 9.69 Å². The third kappa shape index (κ3) is 3.53. The van der Waals surface area contributed by atoms with E-state index in [0.717, 1.165) is 4.90 Å². The van der Waals surface area contributed by atoms with Crippen LogP contribution in [0.15, 0.2) is 0 Å². The van der Waals surface area contributed by atoms with Crippen LogP contribution >= 0.6 is 0 Å². The predicted molar refractivity (Wildman–Crippen MR) is 62.9 cm³/mol. The number of hydrogen-bond donors (Lipinski definition) is 0. The van der Waals surface area contributed by atoms with Gasteiger partial charge in [-0.15, -0.1) is 0 Å². The van der Waals surface area contributed by atoms with Crippen LogP contribution in [-0.2, 0) is 19.1 Å². The topological polar surface area (TPSA) is 72.9 Å². The molecule has 6 heteroatoms. The number of methoxy groups -OCH3 is 1. The van der Waals surface area contributed by atoms with Crippen molar-refractivity contribution in [3.8, 4) is 0 Å². The van der Waals surface area contributed by atoms with E-state index in [9.17, 15) is 14.4 Å². The molecular weight excluding hydrogens is 238 g/mol. The summed E-state index contributed by atoms with van der Waals surface area (Å²) in [7, 11) is 1.39. The Labute approximate surface area is 106 Å². The van der Waals surface area contributed by atoms with E-state index in [1.165, 1.54) is 7.11 Å². The summed E-state index contributed by atoms with van der Waals surface area (Å²) in [5.74, 6) is -1.57. The molecular formula is C12H19NO5. The summed E-state index contributed by atoms with van der Waals surface area (Å²) in [5.41, 5.74) is -0.661. The molecule has 102 valence electrons. The number of ether oxygens (including phenoxy) is 2. The highest BCUT2D eigenvalue weighted by Gasteiger charge is 2.41. The number of nitrogens with zero attached hydrogens (tertiary/aromatic N) is 1. The van der Waals surface area contributed by atoms with Gasteiger partial charge < -0.3 is 9.47 Å². The van der Waals surface area contributed by atoms with Crippen LogP contribution in [0.1, 0.15) is 27.2 Å². The molecule has 18 heavy (non-hydrogen) atoms. The molecule has 1 rings (SSSR count). The first-order valence-electron chi connectivity index (χ1n) is 5.82. The highest BCUT2D eigenvalue weighted by Crippen LogP contribution is 2.21. The standard InChI is InChI=1S/C12H19NO5/c1-12(2,3)18-11(16)13-6-5-8(10(13)15)9(14)7-17-4/h8H,5-7H2,1-4H3. The Morgan fingerprint density at radius 1 is 1.39 bits per heavy atom. The van der Waals surface area contributed by atoms with Gasteiger partial charge in [-0.1, -0.05) is 0 Å². The average molecular weight is 257 g/mol. The lowest BCUT2D eigenvalue weighted by atomic mass is 10.0. The zero-order valence-corrected chi connectivity index (χ0v) is 11.2. The van der Waals surface area contributed by atoms with Crippen molar-refractivity contribution in [2.24, 2.45) is 5.92 Å². The SMILES string of the molecule is COCC(=O)C1CCN(C(=O)OC(C)(C)C)C1=O. The maximum Gasteiger partial charge on any atom is 0.417 e. The van der Waals surface area contributed by atoms with Gasteiger partial charge in [0.1, 0.15) is 18.1 Å². The highest BCUT2D eigenvalue weighted by molar-refractivity contribution is 6.08. The van der Waals surface area contributed by atoms with Crippen molar-refractivity contribution in [1.29, 1.82) is 0 Å². The van der Waals surface area contributed by atoms with Crippen LogP contribution in [0.5, 0.6) is 0 Å². The Morgan fingerprint density at radius 3 is 2.50 bits per heavy atom. The second-order valence-corrected chi connectivity index (χ2v) is 5.21. The third-order valence-electron chi connectivity index (χ3n) is 2.49. The number of rotatable bonds is 3. The summed E-state index contributed by atoms with van der Waals surface area (Å²) in [5, 5.41) is 0. The molecule has 0 aromatic heterocycles. The van der Waals surface area contributed by atoms with Gasteiger partial charge in [0.05, 0.1) is 0 Å². The fourth-order valence-electron chi connectivity index (χ4n) is 1.72. The van der Waals surface area contributed by atoms with Crippen LogP contribution in [0.4, 0.5) is 4.79 Å². The highest BCUT2D eigenvalue weighted by atomic mass is 16.6. The van der Waals surface area contributed by atoms with Crippen molar-refractivity contribution in [2.75, 3.05) is 20.3 Å². The minimum atomic E-state index is -0.780. The van der Waals surface area contributed by atoms with Gasteiger partial charge in [-0.2, -0.15) is 0 Å². The van der Waals surface area contributed by atoms with E-state index in [1.54, 1.807) is 20.8 Å². The smallest absolute Gasteiger partial charge is 0.417 e. The first kappa shape index (κ1) is 14.6. The summed E-state index contributed by atoms with van der Waals surface area (Å²) >= 11 is 0. The van der Waals surface area contributed by atoms with Gasteiger partial charge in [0.25, 0.3) is 0 Å². The van der Waals surface area contributed by atoms with Crippen molar-refractivity contribution in [2.45, 2.75) is 32.8 Å². The summed E-state index contributed by atoms with van der Waals surface area (Å²) in [4.78, 5) is 36.2. The minimum Gasteiger partial charge on any atom is -0.443 e. The largest absolute Gasteiger partial charge is 0.443 e. The van der Waals surface area contributed by atoms with E-state index in [0.29, 0.717) is 6.42 Å². The second kappa shape index (κ2) is 5.48. The molecule has 0 radical (unpaired) electrons. The van der Waals surface area contributed by atoms with Crippen LogP contribution in [0.3, 0.4) is 0 Å². The first-order valence-corrected chi connectivity index (χ1v) is 5.82. The Balaban J connectivity index is 2.65. The molecule has 0 aromatic rings. The molecule has 0 aliphatic carbocycles. The lowest BCUT2D eigenvalue weighted by molar-refractivity contribution is -0.137. The zero-order valence-electron chi connectivity index (χ0n) is 11.2. The van der Waals surface area contributed by atoms with Gasteiger partial charge in [0.2, 0.25) is 5.91 Å². The first-order chi connectivity index (χ1) is 8.26. The van der Waals surface area contributed by atoms with Gasteiger partial charge in [0, 0.05) is 13.7 Å². The third-order valence-corrected chi connectivity index (χ3v) is 2.49. The number of carbonyl (C=O) groups excluding carboxylic acids is 3. The number of amides is 2. The van der Waals surface area contributed by atoms with Crippen LogP contribution in [0, 0.1) is 5.92 Å². The van der Waals surface area contributed by atoms with Crippen LogP contribution in [0.2, 0.25) is 0 Å². The lowest BCUT2D eigenvalue weighted by Gasteiger charge is -2.23. The summed E-state index contributed by atoms with van der Waals surface area (Å²) in [6, 6.07) is 0. The van der Waals surface area contributed by atoms with Crippen molar-refractivity contribution < 1.29 is 23.9 Å². The molecule has 0 N–H and O–H groups in total. The van der Waals surface area contributed by atoms with Crippen LogP contribution in [-0.4, -0.2) is 48.5 Å². The molecule has 1 fully saturated rings. The second-order valence-electron chi connectivity index (χ2n) is 5.21. The average Bonchev–Trinajstić information content (AvgIpc) is 2.57. The predicted octanol–water partition coefficient (Wildman–Crippen LogP) is 0.986. The maximum atomic E-state index is 11.9. The van der Waals surface area contributed by atoms with Gasteiger partial charge in [-0.05, 0) is 27.2 Å². The summed E-state index contributed by atoms with van der Waals surface area (Å²) < 4.78 is 9.81. The molecule has 0 spiro atoms. The molecule has 1 heterocycles. The van der Waals surface area contributed by atoms with E-state index < -0.39 is 23.5 Å². The summed E-state index contributed by atoms with van der Waals surface area (Å²) in [6.07, 6.45) is -0.361. The molecule has 1 unspecified atom stereocenters. The molecule has 2 amide bonds. The maximum absolute atomic E-state index is 11.9. The minimum absolute atomic E-state index is 0.113. The molecule has 0 aromatic carbocycles.